The van der Waals surface area contributed by atoms with Gasteiger partial charge >= 0.3 is 0 Å². The van der Waals surface area contributed by atoms with Gasteiger partial charge in [-0.25, -0.2) is 5.43 Å². The van der Waals surface area contributed by atoms with Crippen molar-refractivity contribution in [3.05, 3.63) is 94.5 Å². The zero-order valence-electron chi connectivity index (χ0n) is 20.1. The van der Waals surface area contributed by atoms with Crippen LogP contribution in [-0.2, 0) is 5.75 Å². The summed E-state index contributed by atoms with van der Waals surface area (Å²) in [5.74, 6) is 0.557. The molecule has 0 heterocycles. The van der Waals surface area contributed by atoms with E-state index in [0.29, 0.717) is 28.5 Å². The third-order valence-electron chi connectivity index (χ3n) is 5.16. The van der Waals surface area contributed by atoms with E-state index < -0.39 is 12.0 Å². The Balaban J connectivity index is 1.71. The summed E-state index contributed by atoms with van der Waals surface area (Å²) >= 11 is 1.46. The number of amides is 2. The number of hydrazone groups is 1. The largest absolute Gasteiger partial charge is 0.497 e. The predicted octanol–water partition coefficient (Wildman–Crippen LogP) is 3.61. The van der Waals surface area contributed by atoms with Gasteiger partial charge in [0.2, 0.25) is 0 Å². The highest BCUT2D eigenvalue weighted by molar-refractivity contribution is 7.98. The maximum Gasteiger partial charge on any atom is 0.273 e. The van der Waals surface area contributed by atoms with Crippen molar-refractivity contribution in [1.29, 1.82) is 0 Å². The molecular weight excluding hydrogens is 478 g/mol. The number of nitrogens with one attached hydrogen (secondary N) is 2. The van der Waals surface area contributed by atoms with Crippen molar-refractivity contribution in [2.24, 2.45) is 5.10 Å². The van der Waals surface area contributed by atoms with Crippen LogP contribution in [0.3, 0.4) is 0 Å². The Labute approximate surface area is 214 Å². The quantitative estimate of drug-likeness (QED) is 0.233. The number of rotatable bonds is 11. The number of methoxy groups -OCH3 is 1. The van der Waals surface area contributed by atoms with Crippen LogP contribution in [0.2, 0.25) is 0 Å². The Morgan fingerprint density at radius 3 is 2.58 bits per heavy atom. The van der Waals surface area contributed by atoms with Crippen LogP contribution >= 0.6 is 11.8 Å². The van der Waals surface area contributed by atoms with Crippen molar-refractivity contribution in [2.75, 3.05) is 24.8 Å². The predicted molar refractivity (Wildman–Crippen MR) is 143 cm³/mol. The molecule has 188 valence electrons. The smallest absolute Gasteiger partial charge is 0.273 e. The second-order valence-corrected chi connectivity index (χ2v) is 9.06. The van der Waals surface area contributed by atoms with Crippen LogP contribution in [0.15, 0.2) is 71.8 Å². The van der Waals surface area contributed by atoms with Gasteiger partial charge in [0, 0.05) is 17.1 Å². The highest BCUT2D eigenvalue weighted by Gasteiger charge is 2.16. The normalized spacial score (nSPS) is 11.8. The van der Waals surface area contributed by atoms with Crippen LogP contribution < -0.4 is 15.5 Å². The summed E-state index contributed by atoms with van der Waals surface area (Å²) < 4.78 is 5.25. The maximum atomic E-state index is 13.0. The Hall–Kier alpha value is -3.66. The van der Waals surface area contributed by atoms with Crippen molar-refractivity contribution in [1.82, 2.24) is 5.43 Å². The van der Waals surface area contributed by atoms with Crippen molar-refractivity contribution in [3.63, 3.8) is 0 Å². The van der Waals surface area contributed by atoms with Gasteiger partial charge in [-0.2, -0.15) is 16.9 Å². The van der Waals surface area contributed by atoms with Gasteiger partial charge in [0.15, 0.2) is 0 Å². The molecule has 9 heteroatoms. The van der Waals surface area contributed by atoms with Crippen LogP contribution in [-0.4, -0.2) is 53.8 Å². The number of aliphatic hydroxyl groups excluding tert-OH is 2. The molecule has 36 heavy (non-hydrogen) atoms. The van der Waals surface area contributed by atoms with Crippen LogP contribution in [0, 0.1) is 6.92 Å². The summed E-state index contributed by atoms with van der Waals surface area (Å²) in [5, 5.41) is 25.2. The minimum Gasteiger partial charge on any atom is -0.497 e. The van der Waals surface area contributed by atoms with Gasteiger partial charge in [0.05, 0.1) is 37.3 Å². The van der Waals surface area contributed by atoms with E-state index in [2.05, 4.69) is 15.8 Å². The average molecular weight is 508 g/mol. The minimum absolute atomic E-state index is 0.202. The molecule has 0 saturated carbocycles. The molecule has 0 aliphatic rings. The number of anilines is 1. The molecule has 0 radical (unpaired) electrons. The Kier molecular flexibility index (Phi) is 10.1. The summed E-state index contributed by atoms with van der Waals surface area (Å²) in [6, 6.07) is 19.6. The van der Waals surface area contributed by atoms with Gasteiger partial charge in [-0.15, -0.1) is 0 Å². The van der Waals surface area contributed by atoms with E-state index in [0.717, 1.165) is 16.7 Å². The third kappa shape index (κ3) is 7.94. The summed E-state index contributed by atoms with van der Waals surface area (Å²) in [6.07, 6.45) is 0.765. The van der Waals surface area contributed by atoms with E-state index >= 15 is 0 Å². The third-order valence-corrected chi connectivity index (χ3v) is 6.31. The molecule has 0 aliphatic carbocycles. The molecule has 0 aromatic heterocycles. The molecule has 1 atom stereocenters. The molecule has 0 spiro atoms. The Bertz CT molecular complexity index is 1210. The molecule has 3 aromatic rings. The number of aryl methyl sites for hydroxylation is 1. The molecule has 3 rings (SSSR count). The molecule has 0 saturated heterocycles. The molecule has 4 N–H and O–H groups in total. The van der Waals surface area contributed by atoms with Gasteiger partial charge in [-0.3, -0.25) is 9.59 Å². The molecule has 8 nitrogen and oxygen atoms in total. The number of aliphatic hydroxyl groups is 2. The number of ether oxygens (including phenoxy) is 1. The molecular formula is C27H29N3O5S. The fourth-order valence-electron chi connectivity index (χ4n) is 3.19. The SMILES string of the molecule is COc1ccc(NC(=O)c2cccc(CSCC(O)CO)c2)c(C(=O)N/N=C/c2ccc(C)cc2)c1. The summed E-state index contributed by atoms with van der Waals surface area (Å²) in [6.45, 7) is 1.70. The molecule has 0 bridgehead atoms. The van der Waals surface area contributed by atoms with Crippen LogP contribution in [0.25, 0.3) is 0 Å². The van der Waals surface area contributed by atoms with Crippen molar-refractivity contribution < 1.29 is 24.5 Å². The highest BCUT2D eigenvalue weighted by Crippen LogP contribution is 2.23. The number of hydrogen-bond acceptors (Lipinski definition) is 7. The van der Waals surface area contributed by atoms with Crippen LogP contribution in [0.5, 0.6) is 5.75 Å². The maximum absolute atomic E-state index is 13.0. The van der Waals surface area contributed by atoms with E-state index in [-0.39, 0.29) is 18.1 Å². The van der Waals surface area contributed by atoms with Crippen molar-refractivity contribution >= 4 is 35.5 Å². The van der Waals surface area contributed by atoms with Crippen molar-refractivity contribution in [3.8, 4) is 5.75 Å². The first kappa shape index (κ1) is 26.9. The van der Waals surface area contributed by atoms with E-state index in [9.17, 15) is 14.7 Å². The topological polar surface area (TPSA) is 120 Å². The zero-order valence-corrected chi connectivity index (χ0v) is 20.9. The molecule has 0 fully saturated rings. The van der Waals surface area contributed by atoms with E-state index in [1.807, 2.05) is 37.3 Å². The van der Waals surface area contributed by atoms with Crippen LogP contribution in [0.4, 0.5) is 5.69 Å². The first-order valence-electron chi connectivity index (χ1n) is 11.2. The zero-order chi connectivity index (χ0) is 25.9. The second kappa shape index (κ2) is 13.4. The average Bonchev–Trinajstić information content (AvgIpc) is 2.90. The molecule has 2 amide bonds. The number of carbonyl (C=O) groups excluding carboxylic acids is 2. The Morgan fingerprint density at radius 1 is 1.08 bits per heavy atom. The number of benzene rings is 3. The lowest BCUT2D eigenvalue weighted by molar-refractivity contribution is 0.0955. The molecule has 3 aromatic carbocycles. The van der Waals surface area contributed by atoms with E-state index in [1.165, 1.54) is 24.9 Å². The minimum atomic E-state index is -0.776. The van der Waals surface area contributed by atoms with Gasteiger partial charge in [0.1, 0.15) is 5.75 Å². The first-order valence-corrected chi connectivity index (χ1v) is 12.4. The monoisotopic (exact) mass is 507 g/mol. The lowest BCUT2D eigenvalue weighted by atomic mass is 10.1. The first-order chi connectivity index (χ1) is 17.4. The Morgan fingerprint density at radius 2 is 1.86 bits per heavy atom. The van der Waals surface area contributed by atoms with Gasteiger partial charge < -0.3 is 20.3 Å². The summed E-state index contributed by atoms with van der Waals surface area (Å²) in [7, 11) is 1.49. The van der Waals surface area contributed by atoms with E-state index in [1.54, 1.807) is 36.5 Å². The fourth-order valence-corrected chi connectivity index (χ4v) is 4.10. The van der Waals surface area contributed by atoms with E-state index in [4.69, 9.17) is 9.84 Å². The number of nitrogens with zero attached hydrogens (tertiary/aromatic N) is 1. The van der Waals surface area contributed by atoms with Crippen LogP contribution in [0.1, 0.15) is 37.4 Å². The lowest BCUT2D eigenvalue weighted by Gasteiger charge is -2.12. The van der Waals surface area contributed by atoms with Gasteiger partial charge in [-0.05, 0) is 48.4 Å². The summed E-state index contributed by atoms with van der Waals surface area (Å²) in [4.78, 5) is 25.8. The van der Waals surface area contributed by atoms with Gasteiger partial charge in [-0.1, -0.05) is 42.0 Å². The second-order valence-electron chi connectivity index (χ2n) is 8.03. The molecule has 1 unspecified atom stereocenters. The number of hydrogen-bond donors (Lipinski definition) is 4. The highest BCUT2D eigenvalue weighted by atomic mass is 32.2. The number of carbonyl (C=O) groups is 2. The van der Waals surface area contributed by atoms with Gasteiger partial charge in [0.25, 0.3) is 11.8 Å². The molecule has 0 aliphatic heterocycles. The summed E-state index contributed by atoms with van der Waals surface area (Å²) in [5.41, 5.74) is 6.30. The fraction of sp³-hybridized carbons (Fsp3) is 0.222. The standard InChI is InChI=1S/C27H29N3O5S/c1-18-6-8-19(9-7-18)14-28-30-27(34)24-13-23(35-2)10-11-25(24)29-26(33)21-5-3-4-20(12-21)16-36-17-22(32)15-31/h3-14,22,31-32H,15-17H2,1-2H3,(H,29,33)(H,30,34)/b28-14+. The lowest BCUT2D eigenvalue weighted by Crippen LogP contribution is -2.21. The van der Waals surface area contributed by atoms with Crippen molar-refractivity contribution in [2.45, 2.75) is 18.8 Å². The number of thioether (sulfide) groups is 1.